The van der Waals surface area contributed by atoms with Crippen molar-refractivity contribution in [2.24, 2.45) is 0 Å². The monoisotopic (exact) mass is 450 g/mol. The fraction of sp³-hybridized carbons (Fsp3) is 0.231. The van der Waals surface area contributed by atoms with Crippen LogP contribution in [0.4, 0.5) is 5.69 Å². The summed E-state index contributed by atoms with van der Waals surface area (Å²) in [5, 5.41) is 6.47. The zero-order valence-corrected chi connectivity index (χ0v) is 19.4. The van der Waals surface area contributed by atoms with Crippen LogP contribution in [0.5, 0.6) is 5.75 Å². The number of aryl methyl sites for hydroxylation is 2. The van der Waals surface area contributed by atoms with Crippen LogP contribution in [0.25, 0.3) is 0 Å². The Morgan fingerprint density at radius 1 is 0.906 bits per heavy atom. The Hall–Kier alpha value is -3.31. The van der Waals surface area contributed by atoms with E-state index < -0.39 is 6.10 Å². The first-order valence-electron chi connectivity index (χ1n) is 10.5. The molecule has 0 saturated heterocycles. The Morgan fingerprint density at radius 3 is 2.16 bits per heavy atom. The standard InChI is InChI=1S/C26H27ClN2O3/c1-16-14-21(15-17(2)24(16)27)32-19(4)25(30)29-23-13-9-8-12-22(23)26(31)28-18(3)20-10-6-5-7-11-20/h5-15,18-19H,1-4H3,(H,28,31)(H,29,30)/t18-,19+/m1/s1. The van der Waals surface area contributed by atoms with E-state index in [0.717, 1.165) is 16.7 Å². The van der Waals surface area contributed by atoms with Gasteiger partial charge in [-0.2, -0.15) is 0 Å². The first-order valence-corrected chi connectivity index (χ1v) is 10.8. The molecule has 0 fully saturated rings. The van der Waals surface area contributed by atoms with Crippen LogP contribution in [0.15, 0.2) is 66.7 Å². The van der Waals surface area contributed by atoms with Gasteiger partial charge in [0.05, 0.1) is 17.3 Å². The molecule has 166 valence electrons. The molecule has 0 radical (unpaired) electrons. The van der Waals surface area contributed by atoms with Gasteiger partial charge in [-0.05, 0) is 68.7 Å². The summed E-state index contributed by atoms with van der Waals surface area (Å²) in [5.41, 5.74) is 3.56. The largest absolute Gasteiger partial charge is 0.481 e. The molecule has 32 heavy (non-hydrogen) atoms. The summed E-state index contributed by atoms with van der Waals surface area (Å²) in [4.78, 5) is 25.7. The number of nitrogens with one attached hydrogen (secondary N) is 2. The topological polar surface area (TPSA) is 67.4 Å². The van der Waals surface area contributed by atoms with Gasteiger partial charge in [0.25, 0.3) is 11.8 Å². The summed E-state index contributed by atoms with van der Waals surface area (Å²) < 4.78 is 5.82. The average molecular weight is 451 g/mol. The van der Waals surface area contributed by atoms with E-state index >= 15 is 0 Å². The van der Waals surface area contributed by atoms with Crippen molar-refractivity contribution in [1.29, 1.82) is 0 Å². The van der Waals surface area contributed by atoms with Crippen LogP contribution in [0.3, 0.4) is 0 Å². The summed E-state index contributed by atoms with van der Waals surface area (Å²) >= 11 is 6.21. The second kappa shape index (κ2) is 10.3. The molecule has 2 N–H and O–H groups in total. The van der Waals surface area contributed by atoms with Crippen LogP contribution in [0, 0.1) is 13.8 Å². The first kappa shape index (κ1) is 23.4. The van der Waals surface area contributed by atoms with Crippen LogP contribution in [-0.2, 0) is 4.79 Å². The molecule has 0 saturated carbocycles. The fourth-order valence-corrected chi connectivity index (χ4v) is 3.46. The molecule has 0 aliphatic heterocycles. The van der Waals surface area contributed by atoms with Gasteiger partial charge in [-0.15, -0.1) is 0 Å². The normalized spacial score (nSPS) is 12.5. The van der Waals surface area contributed by atoms with Crippen LogP contribution in [0.1, 0.15) is 46.9 Å². The number of carbonyl (C=O) groups is 2. The van der Waals surface area contributed by atoms with E-state index in [9.17, 15) is 9.59 Å². The van der Waals surface area contributed by atoms with Crippen molar-refractivity contribution in [2.75, 3.05) is 5.32 Å². The third-order valence-electron chi connectivity index (χ3n) is 5.17. The number of hydrogen-bond donors (Lipinski definition) is 2. The SMILES string of the molecule is Cc1cc(O[C@@H](C)C(=O)Nc2ccccc2C(=O)N[C@H](C)c2ccccc2)cc(C)c1Cl. The van der Waals surface area contributed by atoms with Crippen molar-refractivity contribution in [3.63, 3.8) is 0 Å². The van der Waals surface area contributed by atoms with Gasteiger partial charge in [0.15, 0.2) is 6.10 Å². The molecule has 6 heteroatoms. The maximum absolute atomic E-state index is 12.9. The maximum atomic E-state index is 12.9. The van der Waals surface area contributed by atoms with E-state index in [-0.39, 0.29) is 17.9 Å². The lowest BCUT2D eigenvalue weighted by atomic mass is 10.1. The van der Waals surface area contributed by atoms with E-state index in [2.05, 4.69) is 10.6 Å². The highest BCUT2D eigenvalue weighted by molar-refractivity contribution is 6.32. The van der Waals surface area contributed by atoms with Crippen molar-refractivity contribution in [1.82, 2.24) is 5.32 Å². The number of para-hydroxylation sites is 1. The Bertz CT molecular complexity index is 1090. The molecule has 0 spiro atoms. The first-order chi connectivity index (χ1) is 15.3. The summed E-state index contributed by atoms with van der Waals surface area (Å²) in [6.07, 6.45) is -0.769. The minimum absolute atomic E-state index is 0.175. The van der Waals surface area contributed by atoms with Gasteiger partial charge in [0.2, 0.25) is 0 Å². The Balaban J connectivity index is 1.70. The quantitative estimate of drug-likeness (QED) is 0.474. The number of amides is 2. The van der Waals surface area contributed by atoms with E-state index in [1.165, 1.54) is 0 Å². The van der Waals surface area contributed by atoms with Crippen LogP contribution < -0.4 is 15.4 Å². The lowest BCUT2D eigenvalue weighted by molar-refractivity contribution is -0.122. The minimum Gasteiger partial charge on any atom is -0.481 e. The predicted molar refractivity (Wildman–Crippen MR) is 128 cm³/mol. The highest BCUT2D eigenvalue weighted by Gasteiger charge is 2.20. The molecule has 3 aromatic rings. The molecule has 0 heterocycles. The molecule has 3 aromatic carbocycles. The van der Waals surface area contributed by atoms with Gasteiger partial charge in [-0.25, -0.2) is 0 Å². The number of hydrogen-bond acceptors (Lipinski definition) is 3. The molecule has 5 nitrogen and oxygen atoms in total. The van der Waals surface area contributed by atoms with Gasteiger partial charge in [0, 0.05) is 5.02 Å². The van der Waals surface area contributed by atoms with Crippen molar-refractivity contribution in [3.8, 4) is 5.75 Å². The minimum atomic E-state index is -0.769. The van der Waals surface area contributed by atoms with E-state index in [1.54, 1.807) is 43.3 Å². The zero-order chi connectivity index (χ0) is 23.3. The van der Waals surface area contributed by atoms with Gasteiger partial charge in [0.1, 0.15) is 5.75 Å². The van der Waals surface area contributed by atoms with Crippen LogP contribution >= 0.6 is 11.6 Å². The maximum Gasteiger partial charge on any atom is 0.265 e. The highest BCUT2D eigenvalue weighted by Crippen LogP contribution is 2.27. The number of anilines is 1. The third-order valence-corrected chi connectivity index (χ3v) is 5.76. The predicted octanol–water partition coefficient (Wildman–Crippen LogP) is 5.85. The molecule has 0 aliphatic carbocycles. The van der Waals surface area contributed by atoms with Crippen molar-refractivity contribution in [3.05, 3.63) is 94.0 Å². The number of halogens is 1. The molecule has 0 aliphatic rings. The lowest BCUT2D eigenvalue weighted by Crippen LogP contribution is -2.32. The van der Waals surface area contributed by atoms with Gasteiger partial charge in [-0.1, -0.05) is 54.1 Å². The summed E-state index contributed by atoms with van der Waals surface area (Å²) in [5.74, 6) is -0.0591. The zero-order valence-electron chi connectivity index (χ0n) is 18.6. The highest BCUT2D eigenvalue weighted by atomic mass is 35.5. The Kier molecular flexibility index (Phi) is 7.54. The smallest absolute Gasteiger partial charge is 0.265 e. The second-order valence-electron chi connectivity index (χ2n) is 7.77. The van der Waals surface area contributed by atoms with E-state index in [1.807, 2.05) is 51.1 Å². The molecule has 2 amide bonds. The number of carbonyl (C=O) groups excluding carboxylic acids is 2. The molecule has 0 bridgehead atoms. The summed E-state index contributed by atoms with van der Waals surface area (Å²) in [6, 6.07) is 20.0. The summed E-state index contributed by atoms with van der Waals surface area (Å²) in [6.45, 7) is 7.35. The van der Waals surface area contributed by atoms with Gasteiger partial charge < -0.3 is 15.4 Å². The molecular formula is C26H27ClN2O3. The van der Waals surface area contributed by atoms with Crippen LogP contribution in [-0.4, -0.2) is 17.9 Å². The lowest BCUT2D eigenvalue weighted by Gasteiger charge is -2.19. The van der Waals surface area contributed by atoms with Gasteiger partial charge >= 0.3 is 0 Å². The van der Waals surface area contributed by atoms with E-state index in [0.29, 0.717) is 22.0 Å². The molecule has 0 unspecified atom stereocenters. The second-order valence-corrected chi connectivity index (χ2v) is 8.15. The molecular weight excluding hydrogens is 424 g/mol. The van der Waals surface area contributed by atoms with Crippen molar-refractivity contribution in [2.45, 2.75) is 39.8 Å². The Labute approximate surface area is 193 Å². The van der Waals surface area contributed by atoms with Crippen molar-refractivity contribution < 1.29 is 14.3 Å². The summed E-state index contributed by atoms with van der Waals surface area (Å²) in [7, 11) is 0. The molecule has 2 atom stereocenters. The van der Waals surface area contributed by atoms with Gasteiger partial charge in [-0.3, -0.25) is 9.59 Å². The molecule has 3 rings (SSSR count). The number of ether oxygens (including phenoxy) is 1. The van der Waals surface area contributed by atoms with Crippen molar-refractivity contribution >= 4 is 29.1 Å². The average Bonchev–Trinajstić information content (AvgIpc) is 2.78. The van der Waals surface area contributed by atoms with E-state index in [4.69, 9.17) is 16.3 Å². The third kappa shape index (κ3) is 5.68. The fourth-order valence-electron chi connectivity index (χ4n) is 3.36. The van der Waals surface area contributed by atoms with Crippen LogP contribution in [0.2, 0.25) is 5.02 Å². The number of benzene rings is 3. The molecule has 0 aromatic heterocycles. The number of rotatable bonds is 7. The Morgan fingerprint density at radius 2 is 1.50 bits per heavy atom.